The number of ether oxygens (including phenoxy) is 1. The fourth-order valence-electron chi connectivity index (χ4n) is 1.68. The molecule has 0 saturated carbocycles. The number of thiazole rings is 1. The Balaban J connectivity index is 2.37. The van der Waals surface area contributed by atoms with Crippen molar-refractivity contribution in [3.05, 3.63) is 15.6 Å². The van der Waals surface area contributed by atoms with Crippen LogP contribution < -0.4 is 10.6 Å². The average Bonchev–Trinajstić information content (AvgIpc) is 2.64. The predicted octanol–water partition coefficient (Wildman–Crippen LogP) is 2.32. The summed E-state index contributed by atoms with van der Waals surface area (Å²) in [7, 11) is 1.70. The van der Waals surface area contributed by atoms with E-state index < -0.39 is 0 Å². The zero-order chi connectivity index (χ0) is 13.5. The summed E-state index contributed by atoms with van der Waals surface area (Å²) in [6.07, 6.45) is 0.950. The maximum Gasteiger partial charge on any atom is 0.166 e. The summed E-state index contributed by atoms with van der Waals surface area (Å²) in [6, 6.07) is 0.193. The summed E-state index contributed by atoms with van der Waals surface area (Å²) < 4.78 is 4.98. The van der Waals surface area contributed by atoms with Gasteiger partial charge in [0.1, 0.15) is 0 Å². The molecule has 0 aliphatic carbocycles. The molecule has 1 aromatic rings. The molecule has 0 fully saturated rings. The minimum absolute atomic E-state index is 0.193. The third-order valence-corrected chi connectivity index (χ3v) is 4.01. The molecule has 0 aromatic carbocycles. The van der Waals surface area contributed by atoms with E-state index in [0.717, 1.165) is 30.3 Å². The zero-order valence-electron chi connectivity index (χ0n) is 11.4. The van der Waals surface area contributed by atoms with Crippen LogP contribution in [-0.4, -0.2) is 30.4 Å². The molecule has 1 unspecified atom stereocenters. The van der Waals surface area contributed by atoms with Crippen LogP contribution in [0.1, 0.15) is 35.0 Å². The van der Waals surface area contributed by atoms with Crippen LogP contribution in [0.25, 0.3) is 0 Å². The maximum atomic E-state index is 5.25. The number of hydrogen-bond acceptors (Lipinski definition) is 4. The summed E-state index contributed by atoms with van der Waals surface area (Å²) in [5.41, 5.74) is 1.08. The van der Waals surface area contributed by atoms with Gasteiger partial charge in [-0.05, 0) is 39.4 Å². The molecule has 0 bridgehead atoms. The standard InChI is InChI=1S/C12H21N3OS2/c1-8-11(18-10(3)14-8)9(2)15-12(17)13-6-5-7-16-4/h9H,5-7H2,1-4H3,(H2,13,15,17). The lowest BCUT2D eigenvalue weighted by atomic mass is 10.2. The molecule has 4 nitrogen and oxygen atoms in total. The molecule has 1 heterocycles. The number of aromatic nitrogens is 1. The molecular formula is C12H21N3OS2. The van der Waals surface area contributed by atoms with Crippen LogP contribution >= 0.6 is 23.6 Å². The fourth-order valence-corrected chi connectivity index (χ4v) is 2.89. The van der Waals surface area contributed by atoms with Gasteiger partial charge in [-0.2, -0.15) is 0 Å². The summed E-state index contributed by atoms with van der Waals surface area (Å²) in [4.78, 5) is 5.67. The summed E-state index contributed by atoms with van der Waals surface area (Å²) in [5.74, 6) is 0. The highest BCUT2D eigenvalue weighted by molar-refractivity contribution is 7.80. The molecule has 0 saturated heterocycles. The van der Waals surface area contributed by atoms with Gasteiger partial charge in [0.25, 0.3) is 0 Å². The number of aryl methyl sites for hydroxylation is 2. The predicted molar refractivity (Wildman–Crippen MR) is 80.2 cm³/mol. The molecule has 18 heavy (non-hydrogen) atoms. The van der Waals surface area contributed by atoms with Crippen LogP contribution in [0, 0.1) is 13.8 Å². The van der Waals surface area contributed by atoms with Crippen molar-refractivity contribution in [2.45, 2.75) is 33.2 Å². The smallest absolute Gasteiger partial charge is 0.166 e. The molecule has 0 radical (unpaired) electrons. The lowest BCUT2D eigenvalue weighted by molar-refractivity contribution is 0.195. The molecule has 0 amide bonds. The first kappa shape index (κ1) is 15.3. The summed E-state index contributed by atoms with van der Waals surface area (Å²) in [5, 5.41) is 8.22. The lowest BCUT2D eigenvalue weighted by Gasteiger charge is -2.16. The van der Waals surface area contributed by atoms with Gasteiger partial charge in [0.05, 0.1) is 16.7 Å². The monoisotopic (exact) mass is 287 g/mol. The van der Waals surface area contributed by atoms with Gasteiger partial charge in [0, 0.05) is 25.1 Å². The van der Waals surface area contributed by atoms with Crippen LogP contribution in [-0.2, 0) is 4.74 Å². The van der Waals surface area contributed by atoms with E-state index in [-0.39, 0.29) is 6.04 Å². The second kappa shape index (κ2) is 7.66. The number of thiocarbonyl (C=S) groups is 1. The van der Waals surface area contributed by atoms with Crippen molar-refractivity contribution < 1.29 is 4.74 Å². The summed E-state index contributed by atoms with van der Waals surface area (Å²) in [6.45, 7) is 7.73. The Morgan fingerprint density at radius 2 is 2.22 bits per heavy atom. The van der Waals surface area contributed by atoms with E-state index in [2.05, 4.69) is 22.5 Å². The van der Waals surface area contributed by atoms with Crippen molar-refractivity contribution in [1.82, 2.24) is 15.6 Å². The minimum Gasteiger partial charge on any atom is -0.385 e. The number of nitrogens with zero attached hydrogens (tertiary/aromatic N) is 1. The Morgan fingerprint density at radius 3 is 2.78 bits per heavy atom. The Hall–Kier alpha value is -0.720. The Labute approximate surface area is 118 Å². The molecular weight excluding hydrogens is 266 g/mol. The van der Waals surface area contributed by atoms with E-state index in [0.29, 0.717) is 5.11 Å². The quantitative estimate of drug-likeness (QED) is 0.621. The van der Waals surface area contributed by atoms with Gasteiger partial charge >= 0.3 is 0 Å². The molecule has 2 N–H and O–H groups in total. The first-order valence-corrected chi connectivity index (χ1v) is 7.24. The lowest BCUT2D eigenvalue weighted by Crippen LogP contribution is -2.37. The summed E-state index contributed by atoms with van der Waals surface area (Å²) >= 11 is 6.97. The highest BCUT2D eigenvalue weighted by Gasteiger charge is 2.13. The molecule has 0 spiro atoms. The van der Waals surface area contributed by atoms with Gasteiger partial charge in [-0.3, -0.25) is 0 Å². The maximum absolute atomic E-state index is 5.25. The van der Waals surface area contributed by atoms with E-state index in [1.165, 1.54) is 4.88 Å². The second-order valence-electron chi connectivity index (χ2n) is 4.15. The molecule has 102 valence electrons. The molecule has 1 atom stereocenters. The number of hydrogen-bond donors (Lipinski definition) is 2. The third kappa shape index (κ3) is 4.88. The zero-order valence-corrected chi connectivity index (χ0v) is 13.0. The highest BCUT2D eigenvalue weighted by atomic mass is 32.1. The van der Waals surface area contributed by atoms with Crippen molar-refractivity contribution in [1.29, 1.82) is 0 Å². The van der Waals surface area contributed by atoms with E-state index in [9.17, 15) is 0 Å². The first-order valence-electron chi connectivity index (χ1n) is 6.01. The van der Waals surface area contributed by atoms with Crippen molar-refractivity contribution in [3.63, 3.8) is 0 Å². The normalized spacial score (nSPS) is 12.2. The van der Waals surface area contributed by atoms with Crippen LogP contribution in [0.2, 0.25) is 0 Å². The van der Waals surface area contributed by atoms with E-state index in [4.69, 9.17) is 17.0 Å². The van der Waals surface area contributed by atoms with Crippen LogP contribution in [0.4, 0.5) is 0 Å². The van der Waals surface area contributed by atoms with E-state index in [1.807, 2.05) is 13.8 Å². The van der Waals surface area contributed by atoms with Crippen molar-refractivity contribution in [2.75, 3.05) is 20.3 Å². The van der Waals surface area contributed by atoms with Crippen molar-refractivity contribution >= 4 is 28.7 Å². The second-order valence-corrected chi connectivity index (χ2v) is 5.79. The Kier molecular flexibility index (Phi) is 6.52. The van der Waals surface area contributed by atoms with Gasteiger partial charge in [0.15, 0.2) is 5.11 Å². The molecule has 6 heteroatoms. The van der Waals surface area contributed by atoms with E-state index in [1.54, 1.807) is 18.4 Å². The molecule has 0 aliphatic heterocycles. The van der Waals surface area contributed by atoms with Gasteiger partial charge < -0.3 is 15.4 Å². The Morgan fingerprint density at radius 1 is 1.50 bits per heavy atom. The van der Waals surface area contributed by atoms with Crippen LogP contribution in [0.3, 0.4) is 0 Å². The van der Waals surface area contributed by atoms with Gasteiger partial charge in [-0.1, -0.05) is 0 Å². The van der Waals surface area contributed by atoms with Crippen LogP contribution in [0.15, 0.2) is 0 Å². The van der Waals surface area contributed by atoms with Crippen molar-refractivity contribution in [3.8, 4) is 0 Å². The van der Waals surface area contributed by atoms with Crippen molar-refractivity contribution in [2.24, 2.45) is 0 Å². The van der Waals surface area contributed by atoms with Crippen LogP contribution in [0.5, 0.6) is 0 Å². The molecule has 1 aromatic heterocycles. The fraction of sp³-hybridized carbons (Fsp3) is 0.667. The largest absolute Gasteiger partial charge is 0.385 e. The third-order valence-electron chi connectivity index (χ3n) is 2.49. The highest BCUT2D eigenvalue weighted by Crippen LogP contribution is 2.24. The van der Waals surface area contributed by atoms with Gasteiger partial charge in [-0.15, -0.1) is 11.3 Å². The SMILES string of the molecule is COCCCNC(=S)NC(C)c1sc(C)nc1C. The number of rotatable bonds is 6. The average molecular weight is 287 g/mol. The Bertz CT molecular complexity index is 393. The van der Waals surface area contributed by atoms with E-state index >= 15 is 0 Å². The van der Waals surface area contributed by atoms with Gasteiger partial charge in [0.2, 0.25) is 0 Å². The number of methoxy groups -OCH3 is 1. The number of nitrogens with one attached hydrogen (secondary N) is 2. The molecule has 1 rings (SSSR count). The minimum atomic E-state index is 0.193. The topological polar surface area (TPSA) is 46.2 Å². The van der Waals surface area contributed by atoms with Gasteiger partial charge in [-0.25, -0.2) is 4.98 Å². The first-order chi connectivity index (χ1) is 8.54. The molecule has 0 aliphatic rings.